The second-order valence-electron chi connectivity index (χ2n) is 5.99. The normalized spacial score (nSPS) is 12.0. The van der Waals surface area contributed by atoms with Crippen molar-refractivity contribution >= 4 is 5.91 Å². The van der Waals surface area contributed by atoms with Gasteiger partial charge in [0.25, 0.3) is 11.5 Å². The summed E-state index contributed by atoms with van der Waals surface area (Å²) in [5, 5.41) is 2.55. The fourth-order valence-electron chi connectivity index (χ4n) is 2.21. The van der Waals surface area contributed by atoms with E-state index in [0.29, 0.717) is 0 Å². The molecule has 26 heavy (non-hydrogen) atoms. The van der Waals surface area contributed by atoms with Crippen molar-refractivity contribution in [2.45, 2.75) is 32.7 Å². The summed E-state index contributed by atoms with van der Waals surface area (Å²) in [6.07, 6.45) is -5.02. The number of aryl methyl sites for hydroxylation is 1. The van der Waals surface area contributed by atoms with E-state index in [-0.39, 0.29) is 17.1 Å². The summed E-state index contributed by atoms with van der Waals surface area (Å²) in [6, 6.07) is 3.85. The number of amides is 1. The molecular formula is C16H15F4N3O3. The Balaban J connectivity index is 2.25. The maximum atomic E-state index is 13.9. The average Bonchev–Trinajstić information content (AvgIpc) is 2.46. The van der Waals surface area contributed by atoms with Gasteiger partial charge in [0.15, 0.2) is 11.6 Å². The first-order valence-corrected chi connectivity index (χ1v) is 7.34. The highest BCUT2D eigenvalue weighted by molar-refractivity contribution is 5.92. The van der Waals surface area contributed by atoms with E-state index in [0.717, 1.165) is 18.2 Å². The number of aromatic amines is 1. The third-order valence-electron chi connectivity index (χ3n) is 3.40. The SMILES string of the molecule is Cc1nc(C(=O)NC(C)(C)c2ccc(OC(F)(F)F)c(F)c2)cc(=O)[nH]1. The molecule has 0 aliphatic carbocycles. The molecule has 0 aliphatic heterocycles. The van der Waals surface area contributed by atoms with E-state index in [1.807, 2.05) is 0 Å². The number of hydrogen-bond acceptors (Lipinski definition) is 4. The topological polar surface area (TPSA) is 84.1 Å². The second-order valence-corrected chi connectivity index (χ2v) is 5.99. The van der Waals surface area contributed by atoms with Crippen molar-refractivity contribution in [2.24, 2.45) is 0 Å². The predicted octanol–water partition coefficient (Wildman–Crippen LogP) is 2.78. The minimum absolute atomic E-state index is 0.142. The van der Waals surface area contributed by atoms with Gasteiger partial charge in [0.2, 0.25) is 0 Å². The number of hydrogen-bond donors (Lipinski definition) is 2. The van der Waals surface area contributed by atoms with Crippen LogP contribution in [0.1, 0.15) is 35.7 Å². The van der Waals surface area contributed by atoms with E-state index < -0.39 is 34.9 Å². The third-order valence-corrected chi connectivity index (χ3v) is 3.40. The quantitative estimate of drug-likeness (QED) is 0.808. The lowest BCUT2D eigenvalue weighted by Crippen LogP contribution is -2.41. The molecule has 2 N–H and O–H groups in total. The summed E-state index contributed by atoms with van der Waals surface area (Å²) in [5.41, 5.74) is -1.62. The molecule has 0 saturated carbocycles. The molecule has 2 aromatic rings. The molecule has 140 valence electrons. The van der Waals surface area contributed by atoms with E-state index >= 15 is 0 Å². The lowest BCUT2D eigenvalue weighted by atomic mass is 9.93. The molecule has 0 bridgehead atoms. The summed E-state index contributed by atoms with van der Waals surface area (Å²) >= 11 is 0. The first-order chi connectivity index (χ1) is 11.9. The summed E-state index contributed by atoms with van der Waals surface area (Å²) in [6.45, 7) is 4.53. The van der Waals surface area contributed by atoms with Crippen molar-refractivity contribution in [1.29, 1.82) is 0 Å². The molecule has 10 heteroatoms. The van der Waals surface area contributed by atoms with Crippen molar-refractivity contribution < 1.29 is 27.1 Å². The number of aromatic nitrogens is 2. The Hall–Kier alpha value is -2.91. The van der Waals surface area contributed by atoms with Crippen molar-refractivity contribution in [3.8, 4) is 5.75 Å². The third kappa shape index (κ3) is 4.80. The number of alkyl halides is 3. The molecule has 1 aromatic heterocycles. The van der Waals surface area contributed by atoms with E-state index in [1.165, 1.54) is 26.8 Å². The number of carbonyl (C=O) groups excluding carboxylic acids is 1. The summed E-state index contributed by atoms with van der Waals surface area (Å²) in [7, 11) is 0. The van der Waals surface area contributed by atoms with Crippen molar-refractivity contribution in [3.63, 3.8) is 0 Å². The largest absolute Gasteiger partial charge is 0.573 e. The highest BCUT2D eigenvalue weighted by atomic mass is 19.4. The Kier molecular flexibility index (Phi) is 5.06. The fourth-order valence-corrected chi connectivity index (χ4v) is 2.21. The molecule has 2 rings (SSSR count). The van der Waals surface area contributed by atoms with Crippen molar-refractivity contribution in [1.82, 2.24) is 15.3 Å². The van der Waals surface area contributed by atoms with Gasteiger partial charge in [0.05, 0.1) is 5.54 Å². The number of nitrogens with one attached hydrogen (secondary N) is 2. The zero-order chi connectivity index (χ0) is 19.7. The molecule has 0 spiro atoms. The Morgan fingerprint density at radius 3 is 2.42 bits per heavy atom. The van der Waals surface area contributed by atoms with E-state index in [2.05, 4.69) is 20.0 Å². The number of ether oxygens (including phenoxy) is 1. The first-order valence-electron chi connectivity index (χ1n) is 7.34. The maximum Gasteiger partial charge on any atom is 0.573 e. The smallest absolute Gasteiger partial charge is 0.403 e. The Morgan fingerprint density at radius 1 is 1.23 bits per heavy atom. The van der Waals surface area contributed by atoms with Gasteiger partial charge in [-0.25, -0.2) is 9.37 Å². The van der Waals surface area contributed by atoms with Crippen molar-refractivity contribution in [3.05, 3.63) is 57.5 Å². The summed E-state index contributed by atoms with van der Waals surface area (Å²) in [4.78, 5) is 30.0. The summed E-state index contributed by atoms with van der Waals surface area (Å²) in [5.74, 6) is -2.66. The Labute approximate surface area is 145 Å². The van der Waals surface area contributed by atoms with Crippen LogP contribution in [0.5, 0.6) is 5.75 Å². The van der Waals surface area contributed by atoms with Crippen LogP contribution < -0.4 is 15.6 Å². The molecule has 1 amide bonds. The van der Waals surface area contributed by atoms with E-state index in [4.69, 9.17) is 0 Å². The second kappa shape index (κ2) is 6.77. The van der Waals surface area contributed by atoms with Crippen LogP contribution in [0.2, 0.25) is 0 Å². The van der Waals surface area contributed by atoms with Crippen LogP contribution in [0.15, 0.2) is 29.1 Å². The van der Waals surface area contributed by atoms with Gasteiger partial charge < -0.3 is 15.0 Å². The van der Waals surface area contributed by atoms with Crippen molar-refractivity contribution in [2.75, 3.05) is 0 Å². The minimum Gasteiger partial charge on any atom is -0.403 e. The molecule has 0 fully saturated rings. The Bertz CT molecular complexity index is 891. The van der Waals surface area contributed by atoms with E-state index in [9.17, 15) is 27.2 Å². The molecule has 1 aromatic carbocycles. The van der Waals surface area contributed by atoms with Crippen LogP contribution >= 0.6 is 0 Å². The number of halogens is 4. The van der Waals surface area contributed by atoms with Gasteiger partial charge in [-0.05, 0) is 38.5 Å². The van der Waals surface area contributed by atoms with Gasteiger partial charge in [-0.15, -0.1) is 13.2 Å². The number of nitrogens with zero attached hydrogens (tertiary/aromatic N) is 1. The predicted molar refractivity (Wildman–Crippen MR) is 83.2 cm³/mol. The molecular weight excluding hydrogens is 358 g/mol. The molecule has 1 heterocycles. The van der Waals surface area contributed by atoms with Gasteiger partial charge in [-0.1, -0.05) is 6.07 Å². The summed E-state index contributed by atoms with van der Waals surface area (Å²) < 4.78 is 54.0. The standard InChI is InChI=1S/C16H15F4N3O3/c1-8-21-11(7-13(24)22-8)14(25)23-15(2,3)9-4-5-12(10(17)6-9)26-16(18,19)20/h4-7H,1-3H3,(H,23,25)(H,21,22,24). The molecule has 0 radical (unpaired) electrons. The zero-order valence-corrected chi connectivity index (χ0v) is 14.0. The highest BCUT2D eigenvalue weighted by Gasteiger charge is 2.33. The number of rotatable bonds is 4. The van der Waals surface area contributed by atoms with Gasteiger partial charge >= 0.3 is 6.36 Å². The fraction of sp³-hybridized carbons (Fsp3) is 0.312. The minimum atomic E-state index is -5.02. The van der Waals surface area contributed by atoms with Crippen LogP contribution in [-0.2, 0) is 5.54 Å². The van der Waals surface area contributed by atoms with Crippen LogP contribution in [0.4, 0.5) is 17.6 Å². The van der Waals surface area contributed by atoms with Gasteiger partial charge in [-0.2, -0.15) is 0 Å². The lowest BCUT2D eigenvalue weighted by molar-refractivity contribution is -0.275. The highest BCUT2D eigenvalue weighted by Crippen LogP contribution is 2.29. The van der Waals surface area contributed by atoms with Crippen LogP contribution in [0.3, 0.4) is 0 Å². The van der Waals surface area contributed by atoms with E-state index in [1.54, 1.807) is 0 Å². The average molecular weight is 373 g/mol. The van der Waals surface area contributed by atoms with Gasteiger partial charge in [0.1, 0.15) is 11.5 Å². The number of benzene rings is 1. The monoisotopic (exact) mass is 373 g/mol. The molecule has 0 atom stereocenters. The first kappa shape index (κ1) is 19.4. The maximum absolute atomic E-state index is 13.9. The molecule has 0 aliphatic rings. The molecule has 0 unspecified atom stereocenters. The molecule has 6 nitrogen and oxygen atoms in total. The van der Waals surface area contributed by atoms with Gasteiger partial charge in [-0.3, -0.25) is 9.59 Å². The zero-order valence-electron chi connectivity index (χ0n) is 14.0. The number of carbonyl (C=O) groups is 1. The molecule has 0 saturated heterocycles. The van der Waals surface area contributed by atoms with Gasteiger partial charge in [0, 0.05) is 6.07 Å². The van der Waals surface area contributed by atoms with Crippen LogP contribution in [0, 0.1) is 12.7 Å². The number of H-pyrrole nitrogens is 1. The Morgan fingerprint density at radius 2 is 1.88 bits per heavy atom. The van der Waals surface area contributed by atoms with Crippen LogP contribution in [0.25, 0.3) is 0 Å². The van der Waals surface area contributed by atoms with Crippen LogP contribution in [-0.4, -0.2) is 22.2 Å². The lowest BCUT2D eigenvalue weighted by Gasteiger charge is -2.27.